The SMILES string of the molecule is CCOC(=O)[C@H](N)C[C@H]1CC(Br)=NO1. The van der Waals surface area contributed by atoms with E-state index in [1.807, 2.05) is 0 Å². The van der Waals surface area contributed by atoms with Gasteiger partial charge in [0.1, 0.15) is 16.8 Å². The van der Waals surface area contributed by atoms with E-state index in [1.165, 1.54) is 0 Å². The molecule has 1 aliphatic rings. The van der Waals surface area contributed by atoms with E-state index in [-0.39, 0.29) is 12.1 Å². The van der Waals surface area contributed by atoms with Crippen LogP contribution in [0, 0.1) is 0 Å². The lowest BCUT2D eigenvalue weighted by Crippen LogP contribution is -2.35. The fourth-order valence-electron chi connectivity index (χ4n) is 1.15. The number of oxime groups is 1. The summed E-state index contributed by atoms with van der Waals surface area (Å²) in [6.45, 7) is 2.09. The van der Waals surface area contributed by atoms with E-state index < -0.39 is 6.04 Å². The van der Waals surface area contributed by atoms with E-state index >= 15 is 0 Å². The number of carbonyl (C=O) groups excluding carboxylic acids is 1. The summed E-state index contributed by atoms with van der Waals surface area (Å²) in [7, 11) is 0. The average Bonchev–Trinajstić information content (AvgIpc) is 2.51. The molecule has 14 heavy (non-hydrogen) atoms. The molecular formula is C8H13BrN2O3. The second kappa shape index (κ2) is 5.31. The zero-order valence-electron chi connectivity index (χ0n) is 7.90. The number of hydrogen-bond acceptors (Lipinski definition) is 5. The topological polar surface area (TPSA) is 73.9 Å². The Bertz CT molecular complexity index is 245. The molecule has 6 heteroatoms. The van der Waals surface area contributed by atoms with Crippen molar-refractivity contribution in [2.45, 2.75) is 31.9 Å². The molecule has 0 bridgehead atoms. The summed E-state index contributed by atoms with van der Waals surface area (Å²) in [5, 5.41) is 3.70. The number of nitrogens with zero attached hydrogens (tertiary/aromatic N) is 1. The summed E-state index contributed by atoms with van der Waals surface area (Å²) in [6.07, 6.45) is 0.966. The number of halogens is 1. The van der Waals surface area contributed by atoms with E-state index in [1.54, 1.807) is 6.92 Å². The van der Waals surface area contributed by atoms with Crippen molar-refractivity contribution in [3.8, 4) is 0 Å². The van der Waals surface area contributed by atoms with Gasteiger partial charge in [-0.2, -0.15) is 0 Å². The highest BCUT2D eigenvalue weighted by molar-refractivity contribution is 9.18. The molecule has 0 aliphatic carbocycles. The summed E-state index contributed by atoms with van der Waals surface area (Å²) in [6, 6.07) is -0.631. The van der Waals surface area contributed by atoms with E-state index in [0.29, 0.717) is 19.4 Å². The largest absolute Gasteiger partial charge is 0.465 e. The fourth-order valence-corrected chi connectivity index (χ4v) is 1.59. The van der Waals surface area contributed by atoms with Gasteiger partial charge in [-0.25, -0.2) is 0 Å². The molecular weight excluding hydrogens is 252 g/mol. The Kier molecular flexibility index (Phi) is 4.34. The van der Waals surface area contributed by atoms with Gasteiger partial charge in [0, 0.05) is 12.8 Å². The van der Waals surface area contributed by atoms with Gasteiger partial charge < -0.3 is 15.3 Å². The van der Waals surface area contributed by atoms with Crippen LogP contribution in [0.1, 0.15) is 19.8 Å². The zero-order chi connectivity index (χ0) is 10.6. The maximum Gasteiger partial charge on any atom is 0.323 e. The van der Waals surface area contributed by atoms with Gasteiger partial charge in [-0.15, -0.1) is 0 Å². The van der Waals surface area contributed by atoms with Crippen LogP contribution in [0.15, 0.2) is 5.16 Å². The second-order valence-corrected chi connectivity index (χ2v) is 3.91. The van der Waals surface area contributed by atoms with Crippen molar-refractivity contribution in [1.29, 1.82) is 0 Å². The standard InChI is InChI=1S/C8H13BrN2O3/c1-2-13-8(12)6(10)3-5-4-7(9)11-14-5/h5-6H,2-4,10H2,1H3/t5-,6+/m0/s1. The summed E-state index contributed by atoms with van der Waals surface area (Å²) in [5.41, 5.74) is 5.61. The van der Waals surface area contributed by atoms with E-state index in [0.717, 1.165) is 4.62 Å². The number of ether oxygens (including phenoxy) is 1. The fraction of sp³-hybridized carbons (Fsp3) is 0.750. The predicted octanol–water partition coefficient (Wildman–Crippen LogP) is 0.764. The van der Waals surface area contributed by atoms with Gasteiger partial charge in [-0.1, -0.05) is 5.16 Å². The molecule has 0 saturated carbocycles. The van der Waals surface area contributed by atoms with E-state index in [9.17, 15) is 4.79 Å². The highest BCUT2D eigenvalue weighted by Crippen LogP contribution is 2.18. The van der Waals surface area contributed by atoms with Crippen molar-refractivity contribution in [3.05, 3.63) is 0 Å². The highest BCUT2D eigenvalue weighted by atomic mass is 79.9. The Balaban J connectivity index is 2.27. The first kappa shape index (κ1) is 11.5. The molecule has 1 heterocycles. The van der Waals surface area contributed by atoms with Gasteiger partial charge in [0.2, 0.25) is 0 Å². The molecule has 0 fully saturated rings. The lowest BCUT2D eigenvalue weighted by molar-refractivity contribution is -0.145. The number of hydrogen-bond donors (Lipinski definition) is 1. The van der Waals surface area contributed by atoms with E-state index in [2.05, 4.69) is 21.1 Å². The zero-order valence-corrected chi connectivity index (χ0v) is 9.49. The predicted molar refractivity (Wildman–Crippen MR) is 55.1 cm³/mol. The number of esters is 1. The van der Waals surface area contributed by atoms with Crippen LogP contribution in [-0.2, 0) is 14.4 Å². The number of rotatable bonds is 4. The average molecular weight is 265 g/mol. The molecule has 2 N–H and O–H groups in total. The lowest BCUT2D eigenvalue weighted by atomic mass is 10.1. The van der Waals surface area contributed by atoms with Crippen LogP contribution in [0.3, 0.4) is 0 Å². The molecule has 80 valence electrons. The quantitative estimate of drug-likeness (QED) is 0.762. The van der Waals surface area contributed by atoms with Gasteiger partial charge in [-0.05, 0) is 22.9 Å². The summed E-state index contributed by atoms with van der Waals surface area (Å²) >= 11 is 3.20. The van der Waals surface area contributed by atoms with Crippen molar-refractivity contribution in [1.82, 2.24) is 0 Å². The van der Waals surface area contributed by atoms with E-state index in [4.69, 9.17) is 15.3 Å². The Labute approximate surface area is 90.7 Å². The van der Waals surface area contributed by atoms with Crippen molar-refractivity contribution in [2.75, 3.05) is 6.61 Å². The lowest BCUT2D eigenvalue weighted by Gasteiger charge is -2.13. The first-order valence-corrected chi connectivity index (χ1v) is 5.23. The smallest absolute Gasteiger partial charge is 0.323 e. The van der Waals surface area contributed by atoms with Gasteiger partial charge in [0.25, 0.3) is 0 Å². The molecule has 1 rings (SSSR count). The Morgan fingerprint density at radius 1 is 1.93 bits per heavy atom. The Morgan fingerprint density at radius 2 is 2.64 bits per heavy atom. The van der Waals surface area contributed by atoms with Crippen molar-refractivity contribution < 1.29 is 14.4 Å². The molecule has 1 aliphatic heterocycles. The second-order valence-electron chi connectivity index (χ2n) is 2.99. The maximum atomic E-state index is 11.2. The van der Waals surface area contributed by atoms with Crippen LogP contribution in [-0.4, -0.2) is 29.3 Å². The summed E-state index contributed by atoms with van der Waals surface area (Å²) in [4.78, 5) is 16.2. The Morgan fingerprint density at radius 3 is 3.14 bits per heavy atom. The third-order valence-electron chi connectivity index (χ3n) is 1.80. The van der Waals surface area contributed by atoms with Crippen molar-refractivity contribution >= 4 is 26.5 Å². The Hall–Kier alpha value is -0.620. The van der Waals surface area contributed by atoms with Crippen LogP contribution < -0.4 is 5.73 Å². The summed E-state index contributed by atoms with van der Waals surface area (Å²) < 4.78 is 5.52. The van der Waals surface area contributed by atoms with Crippen molar-refractivity contribution in [3.63, 3.8) is 0 Å². The molecule has 0 unspecified atom stereocenters. The molecule has 0 aromatic rings. The van der Waals surface area contributed by atoms with Gasteiger partial charge in [0.05, 0.1) is 6.61 Å². The first-order chi connectivity index (χ1) is 6.63. The molecule has 0 saturated heterocycles. The molecule has 0 aromatic heterocycles. The first-order valence-electron chi connectivity index (χ1n) is 4.44. The highest BCUT2D eigenvalue weighted by Gasteiger charge is 2.25. The van der Waals surface area contributed by atoms with Crippen LogP contribution in [0.2, 0.25) is 0 Å². The van der Waals surface area contributed by atoms with Crippen LogP contribution >= 0.6 is 15.9 Å². The minimum atomic E-state index is -0.631. The number of nitrogens with two attached hydrogens (primary N) is 1. The van der Waals surface area contributed by atoms with Crippen molar-refractivity contribution in [2.24, 2.45) is 10.9 Å². The molecule has 0 radical (unpaired) electrons. The van der Waals surface area contributed by atoms with Crippen LogP contribution in [0.4, 0.5) is 0 Å². The molecule has 0 amide bonds. The van der Waals surface area contributed by atoms with Gasteiger partial charge in [-0.3, -0.25) is 4.79 Å². The van der Waals surface area contributed by atoms with Crippen LogP contribution in [0.5, 0.6) is 0 Å². The third-order valence-corrected chi connectivity index (χ3v) is 2.27. The molecule has 5 nitrogen and oxygen atoms in total. The molecule has 2 atom stereocenters. The van der Waals surface area contributed by atoms with Gasteiger partial charge in [0.15, 0.2) is 0 Å². The third kappa shape index (κ3) is 3.26. The van der Waals surface area contributed by atoms with Crippen LogP contribution in [0.25, 0.3) is 0 Å². The summed E-state index contributed by atoms with van der Waals surface area (Å²) in [5.74, 6) is -0.390. The minimum absolute atomic E-state index is 0.121. The molecule has 0 spiro atoms. The molecule has 0 aromatic carbocycles. The monoisotopic (exact) mass is 264 g/mol. The minimum Gasteiger partial charge on any atom is -0.465 e. The number of carbonyl (C=O) groups is 1. The normalized spacial score (nSPS) is 22.5. The van der Waals surface area contributed by atoms with Gasteiger partial charge >= 0.3 is 5.97 Å². The maximum absolute atomic E-state index is 11.2.